The molecule has 0 unspecified atom stereocenters. The molecule has 0 saturated heterocycles. The van der Waals surface area contributed by atoms with Crippen molar-refractivity contribution in [1.29, 1.82) is 0 Å². The van der Waals surface area contributed by atoms with Crippen molar-refractivity contribution in [3.8, 4) is 0 Å². The van der Waals surface area contributed by atoms with Gasteiger partial charge in [0.2, 0.25) is 10.0 Å². The maximum absolute atomic E-state index is 13.9. The predicted octanol–water partition coefficient (Wildman–Crippen LogP) is 1.25. The summed E-state index contributed by atoms with van der Waals surface area (Å²) in [5.74, 6) is -2.19. The van der Waals surface area contributed by atoms with Crippen LogP contribution in [0.4, 0.5) is 10.1 Å². The van der Waals surface area contributed by atoms with Gasteiger partial charge in [0.1, 0.15) is 11.9 Å². The van der Waals surface area contributed by atoms with Gasteiger partial charge in [0.25, 0.3) is 0 Å². The van der Waals surface area contributed by atoms with Gasteiger partial charge >= 0.3 is 5.97 Å². The fourth-order valence-electron chi connectivity index (χ4n) is 1.58. The lowest BCUT2D eigenvalue weighted by atomic mass is 10.0. The summed E-state index contributed by atoms with van der Waals surface area (Å²) in [6.07, 6.45) is 0. The van der Waals surface area contributed by atoms with Crippen molar-refractivity contribution in [1.82, 2.24) is 4.72 Å². The fraction of sp³-hybridized carbons (Fsp3) is 0.417. The first-order valence-electron chi connectivity index (χ1n) is 5.91. The number of anilines is 1. The third-order valence-electron chi connectivity index (χ3n) is 2.76. The number of carboxylic acids is 1. The molecule has 8 heteroatoms. The summed E-state index contributed by atoms with van der Waals surface area (Å²) in [4.78, 5) is 10.8. The van der Waals surface area contributed by atoms with E-state index >= 15 is 0 Å². The molecule has 0 amide bonds. The van der Waals surface area contributed by atoms with Crippen molar-refractivity contribution in [2.75, 3.05) is 12.4 Å². The van der Waals surface area contributed by atoms with E-state index < -0.39 is 27.9 Å². The third-order valence-corrected chi connectivity index (χ3v) is 4.18. The van der Waals surface area contributed by atoms with Gasteiger partial charge in [-0.15, -0.1) is 0 Å². The van der Waals surface area contributed by atoms with Crippen LogP contribution in [0.15, 0.2) is 23.1 Å². The van der Waals surface area contributed by atoms with Crippen LogP contribution < -0.4 is 10.0 Å². The van der Waals surface area contributed by atoms with Crippen molar-refractivity contribution >= 4 is 21.7 Å². The number of benzene rings is 1. The molecule has 112 valence electrons. The second kappa shape index (κ2) is 6.19. The molecule has 20 heavy (non-hydrogen) atoms. The SMILES string of the molecule is CNS(=O)(=O)c1ccc(N[C@@H](C(=O)O)C(C)C)c(F)c1. The molecule has 3 N–H and O–H groups in total. The number of carboxylic acid groups (broad SMARTS) is 1. The van der Waals surface area contributed by atoms with Gasteiger partial charge < -0.3 is 10.4 Å². The Labute approximate surface area is 117 Å². The molecule has 0 fully saturated rings. The number of sulfonamides is 1. The minimum Gasteiger partial charge on any atom is -0.480 e. The Balaban J connectivity index is 3.08. The summed E-state index contributed by atoms with van der Waals surface area (Å²) >= 11 is 0. The van der Waals surface area contributed by atoms with Crippen LogP contribution in [-0.4, -0.2) is 32.6 Å². The monoisotopic (exact) mass is 304 g/mol. The van der Waals surface area contributed by atoms with Crippen LogP contribution in [0.3, 0.4) is 0 Å². The number of hydrogen-bond acceptors (Lipinski definition) is 4. The number of hydrogen-bond donors (Lipinski definition) is 3. The minimum atomic E-state index is -3.73. The molecular formula is C12H17FN2O4S. The molecule has 0 heterocycles. The molecule has 1 atom stereocenters. The van der Waals surface area contributed by atoms with E-state index in [2.05, 4.69) is 10.0 Å². The van der Waals surface area contributed by atoms with Crippen molar-refractivity contribution in [2.24, 2.45) is 5.92 Å². The summed E-state index contributed by atoms with van der Waals surface area (Å²) in [7, 11) is -2.51. The van der Waals surface area contributed by atoms with E-state index in [0.29, 0.717) is 0 Å². The van der Waals surface area contributed by atoms with Gasteiger partial charge in [-0.1, -0.05) is 13.8 Å². The molecule has 1 rings (SSSR count). The second-order valence-corrected chi connectivity index (χ2v) is 6.44. The van der Waals surface area contributed by atoms with E-state index in [0.717, 1.165) is 6.07 Å². The number of carbonyl (C=O) groups is 1. The first kappa shape index (κ1) is 16.4. The van der Waals surface area contributed by atoms with Crippen molar-refractivity contribution in [2.45, 2.75) is 24.8 Å². The van der Waals surface area contributed by atoms with Crippen LogP contribution in [0.5, 0.6) is 0 Å². The third kappa shape index (κ3) is 3.67. The van der Waals surface area contributed by atoms with Crippen LogP contribution in [-0.2, 0) is 14.8 Å². The molecule has 0 aromatic heterocycles. The zero-order chi connectivity index (χ0) is 15.5. The first-order chi connectivity index (χ1) is 9.19. The molecule has 6 nitrogen and oxygen atoms in total. The number of nitrogens with one attached hydrogen (secondary N) is 2. The highest BCUT2D eigenvalue weighted by atomic mass is 32.2. The van der Waals surface area contributed by atoms with Gasteiger partial charge in [-0.3, -0.25) is 0 Å². The number of aliphatic carboxylic acids is 1. The van der Waals surface area contributed by atoms with Gasteiger partial charge in [0.15, 0.2) is 0 Å². The average Bonchev–Trinajstić information content (AvgIpc) is 2.36. The summed E-state index contributed by atoms with van der Waals surface area (Å²) in [6.45, 7) is 3.37. The summed E-state index contributed by atoms with van der Waals surface area (Å²) < 4.78 is 39.0. The molecule has 0 aliphatic carbocycles. The highest BCUT2D eigenvalue weighted by molar-refractivity contribution is 7.89. The molecule has 0 radical (unpaired) electrons. The van der Waals surface area contributed by atoms with Crippen LogP contribution in [0, 0.1) is 11.7 Å². The first-order valence-corrected chi connectivity index (χ1v) is 7.39. The van der Waals surface area contributed by atoms with Gasteiger partial charge in [0, 0.05) is 0 Å². The highest BCUT2D eigenvalue weighted by Gasteiger charge is 2.23. The normalized spacial score (nSPS) is 13.2. The van der Waals surface area contributed by atoms with Crippen molar-refractivity contribution in [3.63, 3.8) is 0 Å². The largest absolute Gasteiger partial charge is 0.480 e. The summed E-state index contributed by atoms with van der Waals surface area (Å²) in [5, 5.41) is 11.6. The lowest BCUT2D eigenvalue weighted by Crippen LogP contribution is -2.34. The summed E-state index contributed by atoms with van der Waals surface area (Å²) in [5.41, 5.74) is -0.0545. The molecule has 0 aliphatic rings. The quantitative estimate of drug-likeness (QED) is 0.735. The van der Waals surface area contributed by atoms with Gasteiger partial charge in [0.05, 0.1) is 10.6 Å². The van der Waals surface area contributed by atoms with Crippen LogP contribution >= 0.6 is 0 Å². The lowest BCUT2D eigenvalue weighted by Gasteiger charge is -2.19. The van der Waals surface area contributed by atoms with E-state index in [9.17, 15) is 17.6 Å². The van der Waals surface area contributed by atoms with E-state index in [4.69, 9.17) is 5.11 Å². The Hall–Kier alpha value is -1.67. The standard InChI is InChI=1S/C12H17FN2O4S/c1-7(2)11(12(16)17)15-10-5-4-8(6-9(10)13)20(18,19)14-3/h4-7,11,14-15H,1-3H3,(H,16,17)/t11-/m1/s1. The topological polar surface area (TPSA) is 95.5 Å². The second-order valence-electron chi connectivity index (χ2n) is 4.55. The van der Waals surface area contributed by atoms with Crippen LogP contribution in [0.2, 0.25) is 0 Å². The Morgan fingerprint density at radius 1 is 1.35 bits per heavy atom. The van der Waals surface area contributed by atoms with E-state index in [1.54, 1.807) is 13.8 Å². The van der Waals surface area contributed by atoms with E-state index in [1.165, 1.54) is 19.2 Å². The molecule has 0 spiro atoms. The number of halogens is 1. The maximum Gasteiger partial charge on any atom is 0.326 e. The molecule has 0 saturated carbocycles. The average molecular weight is 304 g/mol. The summed E-state index contributed by atoms with van der Waals surface area (Å²) in [6, 6.07) is 2.29. The van der Waals surface area contributed by atoms with E-state index in [1.807, 2.05) is 0 Å². The van der Waals surface area contributed by atoms with Gasteiger partial charge in [-0.05, 0) is 31.2 Å². The Morgan fingerprint density at radius 2 is 1.95 bits per heavy atom. The smallest absolute Gasteiger partial charge is 0.326 e. The Kier molecular flexibility index (Phi) is 5.07. The molecular weight excluding hydrogens is 287 g/mol. The van der Waals surface area contributed by atoms with Gasteiger partial charge in [-0.2, -0.15) is 0 Å². The molecule has 0 aliphatic heterocycles. The fourth-order valence-corrected chi connectivity index (χ4v) is 2.32. The molecule has 0 bridgehead atoms. The van der Waals surface area contributed by atoms with Gasteiger partial charge in [-0.25, -0.2) is 22.3 Å². The zero-order valence-electron chi connectivity index (χ0n) is 11.3. The van der Waals surface area contributed by atoms with Crippen molar-refractivity contribution in [3.05, 3.63) is 24.0 Å². The Bertz CT molecular complexity index is 601. The zero-order valence-corrected chi connectivity index (χ0v) is 12.2. The predicted molar refractivity (Wildman–Crippen MR) is 72.5 cm³/mol. The Morgan fingerprint density at radius 3 is 2.35 bits per heavy atom. The minimum absolute atomic E-state index is 0.0545. The number of rotatable bonds is 6. The van der Waals surface area contributed by atoms with E-state index in [-0.39, 0.29) is 16.5 Å². The molecule has 1 aromatic carbocycles. The highest BCUT2D eigenvalue weighted by Crippen LogP contribution is 2.21. The van der Waals surface area contributed by atoms with Crippen molar-refractivity contribution < 1.29 is 22.7 Å². The molecule has 1 aromatic rings. The maximum atomic E-state index is 13.9. The van der Waals surface area contributed by atoms with Crippen LogP contribution in [0.1, 0.15) is 13.8 Å². The van der Waals surface area contributed by atoms with Crippen LogP contribution in [0.25, 0.3) is 0 Å². The lowest BCUT2D eigenvalue weighted by molar-refractivity contribution is -0.138.